The molecule has 0 fully saturated rings. The van der Waals surface area contributed by atoms with Crippen molar-refractivity contribution in [3.63, 3.8) is 0 Å². The molecule has 0 N–H and O–H groups in total. The molecule has 0 unspecified atom stereocenters. The highest BCUT2D eigenvalue weighted by Crippen LogP contribution is 2.29. The molecule has 0 atom stereocenters. The minimum absolute atomic E-state index is 1.03. The standard InChI is InChI=1S/C7H9BrN2S/c1-10-6-2-3-11-4-5(6)7(8)9-10/h2-4H2,1H3. The lowest BCUT2D eigenvalue weighted by Gasteiger charge is -2.10. The van der Waals surface area contributed by atoms with Crippen LogP contribution in [0, 0.1) is 0 Å². The van der Waals surface area contributed by atoms with E-state index >= 15 is 0 Å². The Morgan fingerprint density at radius 2 is 2.45 bits per heavy atom. The number of nitrogens with zero attached hydrogens (tertiary/aromatic N) is 2. The first-order valence-corrected chi connectivity index (χ1v) is 5.52. The van der Waals surface area contributed by atoms with Gasteiger partial charge >= 0.3 is 0 Å². The Bertz CT molecular complexity index is 256. The van der Waals surface area contributed by atoms with Crippen molar-refractivity contribution in [1.29, 1.82) is 0 Å². The number of hydrogen-bond donors (Lipinski definition) is 0. The highest BCUT2D eigenvalue weighted by atomic mass is 79.9. The van der Waals surface area contributed by atoms with Crippen molar-refractivity contribution in [2.45, 2.75) is 12.2 Å². The molecule has 0 bridgehead atoms. The van der Waals surface area contributed by atoms with Gasteiger partial charge in [-0.15, -0.1) is 0 Å². The molecule has 1 aromatic heterocycles. The molecular formula is C7H9BrN2S. The van der Waals surface area contributed by atoms with Crippen LogP contribution in [0.3, 0.4) is 0 Å². The number of rotatable bonds is 0. The van der Waals surface area contributed by atoms with E-state index in [0.29, 0.717) is 0 Å². The van der Waals surface area contributed by atoms with E-state index in [9.17, 15) is 0 Å². The molecule has 11 heavy (non-hydrogen) atoms. The van der Waals surface area contributed by atoms with Crippen molar-refractivity contribution in [3.8, 4) is 0 Å². The van der Waals surface area contributed by atoms with E-state index in [0.717, 1.165) is 16.8 Å². The van der Waals surface area contributed by atoms with Crippen molar-refractivity contribution in [3.05, 3.63) is 15.9 Å². The van der Waals surface area contributed by atoms with E-state index in [2.05, 4.69) is 21.0 Å². The normalized spacial score (nSPS) is 16.5. The number of halogens is 1. The van der Waals surface area contributed by atoms with Gasteiger partial charge < -0.3 is 0 Å². The van der Waals surface area contributed by atoms with Crippen LogP contribution in [0.5, 0.6) is 0 Å². The number of aromatic nitrogens is 2. The van der Waals surface area contributed by atoms with E-state index in [1.54, 1.807) is 0 Å². The lowest BCUT2D eigenvalue weighted by atomic mass is 10.2. The zero-order valence-corrected chi connectivity index (χ0v) is 8.70. The first kappa shape index (κ1) is 7.68. The molecule has 0 saturated heterocycles. The average molecular weight is 233 g/mol. The van der Waals surface area contributed by atoms with Crippen LogP contribution in [-0.2, 0) is 19.2 Å². The second-order valence-corrected chi connectivity index (χ2v) is 4.50. The molecule has 2 nitrogen and oxygen atoms in total. The largest absolute Gasteiger partial charge is 0.271 e. The number of fused-ring (bicyclic) bond motifs is 1. The van der Waals surface area contributed by atoms with Gasteiger partial charge in [0.25, 0.3) is 0 Å². The molecule has 0 amide bonds. The van der Waals surface area contributed by atoms with Crippen LogP contribution in [0.1, 0.15) is 11.3 Å². The summed E-state index contributed by atoms with van der Waals surface area (Å²) in [6.45, 7) is 0. The SMILES string of the molecule is Cn1nc(Br)c2c1CCSC2. The molecule has 2 rings (SSSR count). The third-order valence-electron chi connectivity index (χ3n) is 1.96. The van der Waals surface area contributed by atoms with E-state index in [-0.39, 0.29) is 0 Å². The molecule has 0 radical (unpaired) electrons. The summed E-state index contributed by atoms with van der Waals surface area (Å²) in [6.07, 6.45) is 1.16. The summed E-state index contributed by atoms with van der Waals surface area (Å²) >= 11 is 5.44. The van der Waals surface area contributed by atoms with Gasteiger partial charge in [-0.1, -0.05) is 0 Å². The van der Waals surface area contributed by atoms with Gasteiger partial charge in [-0.3, -0.25) is 4.68 Å². The van der Waals surface area contributed by atoms with E-state index in [1.807, 2.05) is 23.5 Å². The molecule has 60 valence electrons. The van der Waals surface area contributed by atoms with Crippen molar-refractivity contribution < 1.29 is 0 Å². The molecule has 0 aliphatic carbocycles. The van der Waals surface area contributed by atoms with Gasteiger partial charge in [-0.05, 0) is 28.1 Å². The van der Waals surface area contributed by atoms with Crippen molar-refractivity contribution in [2.75, 3.05) is 5.75 Å². The van der Waals surface area contributed by atoms with E-state index < -0.39 is 0 Å². The zero-order chi connectivity index (χ0) is 7.84. The van der Waals surface area contributed by atoms with Crippen LogP contribution in [0.25, 0.3) is 0 Å². The van der Waals surface area contributed by atoms with Gasteiger partial charge in [0.15, 0.2) is 0 Å². The Labute approximate surface area is 78.5 Å². The summed E-state index contributed by atoms with van der Waals surface area (Å²) in [7, 11) is 2.01. The monoisotopic (exact) mass is 232 g/mol. The van der Waals surface area contributed by atoms with Gasteiger partial charge in [-0.2, -0.15) is 16.9 Å². The van der Waals surface area contributed by atoms with Crippen LogP contribution < -0.4 is 0 Å². The fourth-order valence-electron chi connectivity index (χ4n) is 1.37. The maximum absolute atomic E-state index is 4.31. The molecule has 2 heterocycles. The fraction of sp³-hybridized carbons (Fsp3) is 0.571. The van der Waals surface area contributed by atoms with Gasteiger partial charge in [0.1, 0.15) is 4.60 Å². The Kier molecular flexibility index (Phi) is 1.97. The quantitative estimate of drug-likeness (QED) is 0.681. The topological polar surface area (TPSA) is 17.8 Å². The maximum Gasteiger partial charge on any atom is 0.132 e. The highest BCUT2D eigenvalue weighted by Gasteiger charge is 2.17. The maximum atomic E-state index is 4.31. The molecule has 0 spiro atoms. The predicted molar refractivity (Wildman–Crippen MR) is 50.8 cm³/mol. The van der Waals surface area contributed by atoms with E-state index in [4.69, 9.17) is 0 Å². The zero-order valence-electron chi connectivity index (χ0n) is 6.30. The van der Waals surface area contributed by atoms with E-state index in [1.165, 1.54) is 17.0 Å². The third kappa shape index (κ3) is 1.22. The Balaban J connectivity index is 2.52. The van der Waals surface area contributed by atoms with Gasteiger partial charge in [-0.25, -0.2) is 0 Å². The second-order valence-electron chi connectivity index (χ2n) is 2.64. The Morgan fingerprint density at radius 1 is 1.64 bits per heavy atom. The molecule has 0 saturated carbocycles. The minimum atomic E-state index is 1.03. The lowest BCUT2D eigenvalue weighted by Crippen LogP contribution is -2.05. The first-order valence-electron chi connectivity index (χ1n) is 3.57. The highest BCUT2D eigenvalue weighted by molar-refractivity contribution is 9.10. The van der Waals surface area contributed by atoms with Crippen LogP contribution in [0.2, 0.25) is 0 Å². The van der Waals surface area contributed by atoms with Gasteiger partial charge in [0.2, 0.25) is 0 Å². The Hall–Kier alpha value is 0.0400. The molecule has 0 aromatic carbocycles. The summed E-state index contributed by atoms with van der Waals surface area (Å²) in [5, 5.41) is 4.31. The molecular weight excluding hydrogens is 224 g/mol. The summed E-state index contributed by atoms with van der Waals surface area (Å²) in [6, 6.07) is 0. The minimum Gasteiger partial charge on any atom is -0.271 e. The van der Waals surface area contributed by atoms with Crippen LogP contribution >= 0.6 is 27.7 Å². The molecule has 1 aliphatic heterocycles. The van der Waals surface area contributed by atoms with Crippen LogP contribution in [0.4, 0.5) is 0 Å². The number of thioether (sulfide) groups is 1. The number of hydrogen-bond acceptors (Lipinski definition) is 2. The van der Waals surface area contributed by atoms with Gasteiger partial charge in [0.05, 0.1) is 0 Å². The van der Waals surface area contributed by atoms with Crippen LogP contribution in [-0.4, -0.2) is 15.5 Å². The van der Waals surface area contributed by atoms with Crippen LogP contribution in [0.15, 0.2) is 4.60 Å². The average Bonchev–Trinajstić information content (AvgIpc) is 2.30. The molecule has 4 heteroatoms. The Morgan fingerprint density at radius 3 is 3.18 bits per heavy atom. The number of aryl methyl sites for hydroxylation is 1. The summed E-state index contributed by atoms with van der Waals surface area (Å²) in [4.78, 5) is 0. The van der Waals surface area contributed by atoms with Crippen molar-refractivity contribution >= 4 is 27.7 Å². The smallest absolute Gasteiger partial charge is 0.132 e. The predicted octanol–water partition coefficient (Wildman–Crippen LogP) is 1.97. The summed E-state index contributed by atoms with van der Waals surface area (Å²) < 4.78 is 3.02. The summed E-state index contributed by atoms with van der Waals surface area (Å²) in [5.41, 5.74) is 2.79. The third-order valence-corrected chi connectivity index (χ3v) is 3.58. The second kappa shape index (κ2) is 2.83. The fourth-order valence-corrected chi connectivity index (χ4v) is 3.15. The van der Waals surface area contributed by atoms with Gasteiger partial charge in [0, 0.05) is 24.1 Å². The lowest BCUT2D eigenvalue weighted by molar-refractivity contribution is 0.712. The first-order chi connectivity index (χ1) is 5.29. The molecule has 1 aliphatic rings. The summed E-state index contributed by atoms with van der Waals surface area (Å²) in [5.74, 6) is 2.35. The molecule has 1 aromatic rings. The van der Waals surface area contributed by atoms with Crippen molar-refractivity contribution in [1.82, 2.24) is 9.78 Å². The van der Waals surface area contributed by atoms with Crippen molar-refractivity contribution in [2.24, 2.45) is 7.05 Å².